The topological polar surface area (TPSA) is 50.4 Å². The Morgan fingerprint density at radius 3 is 2.85 bits per heavy atom. The molecule has 20 heavy (non-hydrogen) atoms. The van der Waals surface area contributed by atoms with Crippen LogP contribution in [0.25, 0.3) is 0 Å². The van der Waals surface area contributed by atoms with Crippen molar-refractivity contribution in [3.05, 3.63) is 29.6 Å². The standard InChI is InChI=1S/C15H23FN2O2/c1-3-8-18-11-12-6-7-14(13(16)10-12)20-9-4-5-15(19)17-2/h6-7,10,18H,3-5,8-9,11H2,1-2H3,(H,17,19). The average molecular weight is 282 g/mol. The smallest absolute Gasteiger partial charge is 0.219 e. The summed E-state index contributed by atoms with van der Waals surface area (Å²) in [6.07, 6.45) is 2.01. The van der Waals surface area contributed by atoms with E-state index in [4.69, 9.17) is 4.74 Å². The molecule has 0 saturated carbocycles. The fourth-order valence-corrected chi connectivity index (χ4v) is 1.72. The number of carbonyl (C=O) groups excluding carboxylic acids is 1. The van der Waals surface area contributed by atoms with Crippen molar-refractivity contribution < 1.29 is 13.9 Å². The zero-order valence-electron chi connectivity index (χ0n) is 12.2. The number of halogens is 1. The molecule has 0 spiro atoms. The molecule has 0 aliphatic carbocycles. The highest BCUT2D eigenvalue weighted by Gasteiger charge is 2.05. The van der Waals surface area contributed by atoms with Gasteiger partial charge in [-0.3, -0.25) is 4.79 Å². The number of ether oxygens (including phenoxy) is 1. The third-order valence-electron chi connectivity index (χ3n) is 2.84. The summed E-state index contributed by atoms with van der Waals surface area (Å²) in [4.78, 5) is 11.0. The number of benzene rings is 1. The maximum Gasteiger partial charge on any atom is 0.219 e. The number of nitrogens with one attached hydrogen (secondary N) is 2. The normalized spacial score (nSPS) is 10.3. The Morgan fingerprint density at radius 1 is 1.40 bits per heavy atom. The monoisotopic (exact) mass is 282 g/mol. The van der Waals surface area contributed by atoms with E-state index < -0.39 is 0 Å². The number of rotatable bonds is 9. The lowest BCUT2D eigenvalue weighted by Crippen LogP contribution is -2.18. The summed E-state index contributed by atoms with van der Waals surface area (Å²) in [7, 11) is 1.59. The first-order valence-electron chi connectivity index (χ1n) is 7.00. The zero-order chi connectivity index (χ0) is 14.8. The molecule has 0 radical (unpaired) electrons. The van der Waals surface area contributed by atoms with Crippen molar-refractivity contribution in [2.75, 3.05) is 20.2 Å². The second kappa shape index (κ2) is 9.31. The van der Waals surface area contributed by atoms with Gasteiger partial charge >= 0.3 is 0 Å². The van der Waals surface area contributed by atoms with Gasteiger partial charge in [0.05, 0.1) is 6.61 Å². The minimum absolute atomic E-state index is 0.0357. The Labute approximate surface area is 119 Å². The molecular weight excluding hydrogens is 259 g/mol. The quantitative estimate of drug-likeness (QED) is 0.683. The van der Waals surface area contributed by atoms with E-state index in [1.54, 1.807) is 13.1 Å². The first-order valence-corrected chi connectivity index (χ1v) is 7.00. The molecule has 0 unspecified atom stereocenters. The predicted molar refractivity (Wildman–Crippen MR) is 77.2 cm³/mol. The first kappa shape index (κ1) is 16.4. The molecule has 1 rings (SSSR count). The molecule has 0 fully saturated rings. The molecule has 0 atom stereocenters. The highest BCUT2D eigenvalue weighted by Crippen LogP contribution is 2.18. The SMILES string of the molecule is CCCNCc1ccc(OCCCC(=O)NC)c(F)c1. The minimum Gasteiger partial charge on any atom is -0.491 e. The van der Waals surface area contributed by atoms with Crippen molar-refractivity contribution in [3.63, 3.8) is 0 Å². The van der Waals surface area contributed by atoms with Crippen molar-refractivity contribution in [2.24, 2.45) is 0 Å². The van der Waals surface area contributed by atoms with Gasteiger partial charge in [-0.1, -0.05) is 13.0 Å². The minimum atomic E-state index is -0.360. The Hall–Kier alpha value is -1.62. The molecule has 0 aliphatic rings. The van der Waals surface area contributed by atoms with Gasteiger partial charge in [-0.15, -0.1) is 0 Å². The summed E-state index contributed by atoms with van der Waals surface area (Å²) in [6.45, 7) is 3.99. The van der Waals surface area contributed by atoms with Crippen molar-refractivity contribution >= 4 is 5.91 Å². The van der Waals surface area contributed by atoms with Crippen LogP contribution in [0.4, 0.5) is 4.39 Å². The highest BCUT2D eigenvalue weighted by atomic mass is 19.1. The third kappa shape index (κ3) is 6.02. The van der Waals surface area contributed by atoms with Gasteiger partial charge in [-0.05, 0) is 37.1 Å². The number of hydrogen-bond donors (Lipinski definition) is 2. The van der Waals surface area contributed by atoms with Gasteiger partial charge in [0.2, 0.25) is 5.91 Å². The molecule has 1 aromatic rings. The summed E-state index contributed by atoms with van der Waals surface area (Å²) < 4.78 is 19.1. The van der Waals surface area contributed by atoms with Crippen molar-refractivity contribution in [2.45, 2.75) is 32.7 Å². The van der Waals surface area contributed by atoms with Gasteiger partial charge in [-0.2, -0.15) is 0 Å². The Balaban J connectivity index is 2.37. The van der Waals surface area contributed by atoms with Crippen LogP contribution in [0.2, 0.25) is 0 Å². The van der Waals surface area contributed by atoms with Crippen LogP contribution in [-0.2, 0) is 11.3 Å². The van der Waals surface area contributed by atoms with E-state index in [0.717, 1.165) is 18.5 Å². The van der Waals surface area contributed by atoms with Gasteiger partial charge < -0.3 is 15.4 Å². The van der Waals surface area contributed by atoms with E-state index in [1.165, 1.54) is 6.07 Å². The van der Waals surface area contributed by atoms with E-state index in [2.05, 4.69) is 17.6 Å². The van der Waals surface area contributed by atoms with Crippen molar-refractivity contribution in [3.8, 4) is 5.75 Å². The number of hydrogen-bond acceptors (Lipinski definition) is 3. The summed E-state index contributed by atoms with van der Waals surface area (Å²) in [5, 5.41) is 5.75. The van der Waals surface area contributed by atoms with E-state index >= 15 is 0 Å². The van der Waals surface area contributed by atoms with Gasteiger partial charge in [0, 0.05) is 20.0 Å². The molecule has 5 heteroatoms. The maximum absolute atomic E-state index is 13.8. The van der Waals surface area contributed by atoms with Crippen LogP contribution >= 0.6 is 0 Å². The molecule has 112 valence electrons. The maximum atomic E-state index is 13.8. The van der Waals surface area contributed by atoms with E-state index in [-0.39, 0.29) is 17.5 Å². The van der Waals surface area contributed by atoms with Crippen molar-refractivity contribution in [1.82, 2.24) is 10.6 Å². The number of amides is 1. The molecule has 0 heterocycles. The molecule has 1 aromatic carbocycles. The van der Waals surface area contributed by atoms with Gasteiger partial charge in [0.1, 0.15) is 0 Å². The molecule has 4 nitrogen and oxygen atoms in total. The Kier molecular flexibility index (Phi) is 7.65. The van der Waals surface area contributed by atoms with Crippen LogP contribution in [-0.4, -0.2) is 26.1 Å². The molecule has 0 bridgehead atoms. The second-order valence-corrected chi connectivity index (χ2v) is 4.57. The molecule has 1 amide bonds. The highest BCUT2D eigenvalue weighted by molar-refractivity contribution is 5.75. The average Bonchev–Trinajstić information content (AvgIpc) is 2.45. The lowest BCUT2D eigenvalue weighted by atomic mass is 10.2. The van der Waals surface area contributed by atoms with Crippen molar-refractivity contribution in [1.29, 1.82) is 0 Å². The van der Waals surface area contributed by atoms with Crippen LogP contribution in [0.1, 0.15) is 31.7 Å². The largest absolute Gasteiger partial charge is 0.491 e. The fraction of sp³-hybridized carbons (Fsp3) is 0.533. The Morgan fingerprint density at radius 2 is 2.20 bits per heavy atom. The van der Waals surface area contributed by atoms with E-state index in [0.29, 0.717) is 26.0 Å². The molecule has 0 aliphatic heterocycles. The summed E-state index contributed by atoms with van der Waals surface area (Å²) in [5.41, 5.74) is 0.897. The summed E-state index contributed by atoms with van der Waals surface area (Å²) >= 11 is 0. The molecule has 0 aromatic heterocycles. The molecular formula is C15H23FN2O2. The number of carbonyl (C=O) groups is 1. The fourth-order valence-electron chi connectivity index (χ4n) is 1.72. The van der Waals surface area contributed by atoms with E-state index in [1.807, 2.05) is 6.07 Å². The lowest BCUT2D eigenvalue weighted by molar-refractivity contribution is -0.120. The molecule has 2 N–H and O–H groups in total. The predicted octanol–water partition coefficient (Wildman–Crippen LogP) is 2.23. The summed E-state index contributed by atoms with van der Waals surface area (Å²) in [5.74, 6) is -0.159. The van der Waals surface area contributed by atoms with Crippen LogP contribution in [0.15, 0.2) is 18.2 Å². The second-order valence-electron chi connectivity index (χ2n) is 4.57. The van der Waals surface area contributed by atoms with Crippen LogP contribution < -0.4 is 15.4 Å². The third-order valence-corrected chi connectivity index (χ3v) is 2.84. The summed E-state index contributed by atoms with van der Waals surface area (Å²) in [6, 6.07) is 4.97. The van der Waals surface area contributed by atoms with Crippen LogP contribution in [0.3, 0.4) is 0 Å². The van der Waals surface area contributed by atoms with E-state index in [9.17, 15) is 9.18 Å². The van der Waals surface area contributed by atoms with Crippen LogP contribution in [0, 0.1) is 5.82 Å². The van der Waals surface area contributed by atoms with Gasteiger partial charge in [-0.25, -0.2) is 4.39 Å². The van der Waals surface area contributed by atoms with Crippen LogP contribution in [0.5, 0.6) is 5.75 Å². The van der Waals surface area contributed by atoms with Gasteiger partial charge in [0.15, 0.2) is 11.6 Å². The zero-order valence-corrected chi connectivity index (χ0v) is 12.2. The Bertz CT molecular complexity index is 424. The first-order chi connectivity index (χ1) is 9.67. The lowest BCUT2D eigenvalue weighted by Gasteiger charge is -2.09. The van der Waals surface area contributed by atoms with Gasteiger partial charge in [0.25, 0.3) is 0 Å². The molecule has 0 saturated heterocycles.